The number of aryl methyl sites for hydroxylation is 1. The smallest absolute Gasteiger partial charge is 0.331 e. The van der Waals surface area contributed by atoms with Crippen molar-refractivity contribution in [2.45, 2.75) is 27.7 Å². The molecule has 0 atom stereocenters. The third-order valence-electron chi connectivity index (χ3n) is 3.57. The summed E-state index contributed by atoms with van der Waals surface area (Å²) in [5.74, 6) is -0.702. The number of rotatable bonds is 5. The molecule has 0 unspecified atom stereocenters. The molecule has 0 N–H and O–H groups in total. The summed E-state index contributed by atoms with van der Waals surface area (Å²) < 4.78 is 8.02. The van der Waals surface area contributed by atoms with E-state index in [1.807, 2.05) is 48.7 Å². The van der Waals surface area contributed by atoms with Crippen LogP contribution in [0.2, 0.25) is 0 Å². The zero-order chi connectivity index (χ0) is 17.9. The molecule has 126 valence electrons. The number of halogens is 1. The van der Waals surface area contributed by atoms with Crippen LogP contribution in [0.3, 0.4) is 0 Å². The van der Waals surface area contributed by atoms with Crippen molar-refractivity contribution < 1.29 is 14.3 Å². The summed E-state index contributed by atoms with van der Waals surface area (Å²) in [5.41, 5.74) is 4.17. The Morgan fingerprint density at radius 1 is 1.17 bits per heavy atom. The summed E-state index contributed by atoms with van der Waals surface area (Å²) in [6.07, 6.45) is 1.37. The van der Waals surface area contributed by atoms with Gasteiger partial charge in [0.15, 0.2) is 6.61 Å². The molecule has 24 heavy (non-hydrogen) atoms. The summed E-state index contributed by atoms with van der Waals surface area (Å²) >= 11 is 3.42. The molecule has 4 nitrogen and oxygen atoms in total. The maximum Gasteiger partial charge on any atom is 0.331 e. The Morgan fingerprint density at radius 2 is 1.79 bits per heavy atom. The van der Waals surface area contributed by atoms with Crippen LogP contribution >= 0.6 is 15.9 Å². The van der Waals surface area contributed by atoms with Gasteiger partial charge in [0, 0.05) is 33.2 Å². The average Bonchev–Trinajstić information content (AvgIpc) is 2.80. The number of Topliss-reactive ketones (excluding diaryl/α,β-unsaturated/α-hetero) is 1. The number of hydrogen-bond acceptors (Lipinski definition) is 3. The number of carbonyl (C=O) groups is 2. The van der Waals surface area contributed by atoms with E-state index in [9.17, 15) is 9.59 Å². The molecule has 1 heterocycles. The molecule has 0 aliphatic heterocycles. The highest BCUT2D eigenvalue weighted by molar-refractivity contribution is 9.10. The van der Waals surface area contributed by atoms with Gasteiger partial charge in [-0.3, -0.25) is 4.79 Å². The SMILES string of the molecule is CC(C)=CC(=O)OCC(=O)c1cc(C)n(-c2ccc(Br)cc2)c1C. The van der Waals surface area contributed by atoms with Crippen LogP contribution in [0.4, 0.5) is 0 Å². The van der Waals surface area contributed by atoms with E-state index in [2.05, 4.69) is 15.9 Å². The predicted octanol–water partition coefficient (Wildman–Crippen LogP) is 4.55. The van der Waals surface area contributed by atoms with Gasteiger partial charge in [-0.15, -0.1) is 0 Å². The van der Waals surface area contributed by atoms with Gasteiger partial charge in [-0.1, -0.05) is 21.5 Å². The lowest BCUT2D eigenvalue weighted by molar-refractivity contribution is -0.136. The van der Waals surface area contributed by atoms with Crippen LogP contribution < -0.4 is 0 Å². The molecule has 0 aliphatic rings. The van der Waals surface area contributed by atoms with E-state index in [-0.39, 0.29) is 12.4 Å². The maximum atomic E-state index is 12.4. The molecule has 0 amide bonds. The van der Waals surface area contributed by atoms with Crippen LogP contribution in [0.5, 0.6) is 0 Å². The molecule has 0 bridgehead atoms. The summed E-state index contributed by atoms with van der Waals surface area (Å²) in [6.45, 7) is 7.18. The van der Waals surface area contributed by atoms with E-state index in [1.54, 1.807) is 13.8 Å². The minimum absolute atomic E-state index is 0.207. The first-order chi connectivity index (χ1) is 11.3. The molecule has 0 saturated heterocycles. The van der Waals surface area contributed by atoms with Crippen molar-refractivity contribution in [3.05, 3.63) is 63.4 Å². The van der Waals surface area contributed by atoms with Gasteiger partial charge >= 0.3 is 5.97 Å². The van der Waals surface area contributed by atoms with Gasteiger partial charge < -0.3 is 9.30 Å². The van der Waals surface area contributed by atoms with Crippen LogP contribution in [0, 0.1) is 13.8 Å². The van der Waals surface area contributed by atoms with E-state index in [0.717, 1.165) is 27.1 Å². The lowest BCUT2D eigenvalue weighted by Crippen LogP contribution is -2.13. The number of aromatic nitrogens is 1. The number of carbonyl (C=O) groups excluding carboxylic acids is 2. The van der Waals surface area contributed by atoms with Crippen molar-refractivity contribution in [1.82, 2.24) is 4.57 Å². The molecule has 0 radical (unpaired) electrons. The minimum Gasteiger partial charge on any atom is -0.454 e. The Bertz CT molecular complexity index is 797. The first-order valence-electron chi connectivity index (χ1n) is 7.59. The molecule has 1 aromatic heterocycles. The Hall–Kier alpha value is -2.14. The second-order valence-electron chi connectivity index (χ2n) is 5.85. The van der Waals surface area contributed by atoms with Gasteiger partial charge in [-0.25, -0.2) is 4.79 Å². The van der Waals surface area contributed by atoms with Crippen molar-refractivity contribution in [3.8, 4) is 5.69 Å². The largest absolute Gasteiger partial charge is 0.454 e. The fourth-order valence-corrected chi connectivity index (χ4v) is 2.79. The fraction of sp³-hybridized carbons (Fsp3) is 0.263. The fourth-order valence-electron chi connectivity index (χ4n) is 2.52. The van der Waals surface area contributed by atoms with Gasteiger partial charge in [0.2, 0.25) is 5.78 Å². The molecule has 1 aromatic carbocycles. The predicted molar refractivity (Wildman–Crippen MR) is 97.7 cm³/mol. The Labute approximate surface area is 150 Å². The zero-order valence-electron chi connectivity index (χ0n) is 14.2. The third kappa shape index (κ3) is 4.23. The molecule has 2 rings (SSSR count). The summed E-state index contributed by atoms with van der Waals surface area (Å²) in [4.78, 5) is 23.9. The van der Waals surface area contributed by atoms with E-state index in [0.29, 0.717) is 5.56 Å². The maximum absolute atomic E-state index is 12.4. The molecular weight excluding hydrogens is 370 g/mol. The minimum atomic E-state index is -0.495. The Morgan fingerprint density at radius 3 is 2.38 bits per heavy atom. The number of ether oxygens (including phenoxy) is 1. The first kappa shape index (κ1) is 18.2. The van der Waals surface area contributed by atoms with Crippen molar-refractivity contribution in [2.75, 3.05) is 6.61 Å². The van der Waals surface area contributed by atoms with Crippen LogP contribution in [0.15, 0.2) is 46.5 Å². The van der Waals surface area contributed by atoms with Crippen molar-refractivity contribution in [3.63, 3.8) is 0 Å². The third-order valence-corrected chi connectivity index (χ3v) is 4.10. The van der Waals surface area contributed by atoms with Crippen molar-refractivity contribution >= 4 is 27.7 Å². The van der Waals surface area contributed by atoms with Gasteiger partial charge in [-0.2, -0.15) is 0 Å². The summed E-state index contributed by atoms with van der Waals surface area (Å²) in [6, 6.07) is 9.70. The van der Waals surface area contributed by atoms with Crippen LogP contribution in [-0.4, -0.2) is 22.9 Å². The number of esters is 1. The van der Waals surface area contributed by atoms with Gasteiger partial charge in [0.1, 0.15) is 0 Å². The first-order valence-corrected chi connectivity index (χ1v) is 8.38. The highest BCUT2D eigenvalue weighted by Gasteiger charge is 2.17. The molecule has 0 spiro atoms. The van der Waals surface area contributed by atoms with E-state index < -0.39 is 5.97 Å². The lowest BCUT2D eigenvalue weighted by Gasteiger charge is -2.10. The molecule has 0 saturated carbocycles. The molecule has 0 aliphatic carbocycles. The number of nitrogens with zero attached hydrogens (tertiary/aromatic N) is 1. The summed E-state index contributed by atoms with van der Waals surface area (Å²) in [5, 5.41) is 0. The number of hydrogen-bond donors (Lipinski definition) is 0. The monoisotopic (exact) mass is 389 g/mol. The van der Waals surface area contributed by atoms with Gasteiger partial charge in [-0.05, 0) is 58.0 Å². The van der Waals surface area contributed by atoms with Gasteiger partial charge in [0.25, 0.3) is 0 Å². The normalized spacial score (nSPS) is 10.4. The standard InChI is InChI=1S/C19H20BrNO3/c1-12(2)9-19(23)24-11-18(22)17-10-13(3)21(14(17)4)16-7-5-15(20)6-8-16/h5-10H,11H2,1-4H3. The van der Waals surface area contributed by atoms with Crippen molar-refractivity contribution in [2.24, 2.45) is 0 Å². The molecule has 2 aromatic rings. The zero-order valence-corrected chi connectivity index (χ0v) is 15.8. The Balaban J connectivity index is 2.22. The molecular formula is C19H20BrNO3. The average molecular weight is 390 g/mol. The topological polar surface area (TPSA) is 48.3 Å². The van der Waals surface area contributed by atoms with E-state index in [1.165, 1.54) is 6.08 Å². The lowest BCUT2D eigenvalue weighted by atomic mass is 10.1. The number of ketones is 1. The number of benzene rings is 1. The highest BCUT2D eigenvalue weighted by Crippen LogP contribution is 2.22. The van der Waals surface area contributed by atoms with Crippen LogP contribution in [0.25, 0.3) is 5.69 Å². The van der Waals surface area contributed by atoms with Crippen LogP contribution in [-0.2, 0) is 9.53 Å². The summed E-state index contributed by atoms with van der Waals surface area (Å²) in [7, 11) is 0. The van der Waals surface area contributed by atoms with Crippen LogP contribution in [0.1, 0.15) is 35.6 Å². The van der Waals surface area contributed by atoms with E-state index >= 15 is 0 Å². The van der Waals surface area contributed by atoms with Crippen molar-refractivity contribution in [1.29, 1.82) is 0 Å². The molecule has 5 heteroatoms. The van der Waals surface area contributed by atoms with E-state index in [4.69, 9.17) is 4.74 Å². The Kier molecular flexibility index (Phi) is 5.78. The van der Waals surface area contributed by atoms with Gasteiger partial charge in [0.05, 0.1) is 0 Å². The second kappa shape index (κ2) is 7.62. The molecule has 0 fully saturated rings. The quantitative estimate of drug-likeness (QED) is 0.428. The number of allylic oxidation sites excluding steroid dienone is 1. The second-order valence-corrected chi connectivity index (χ2v) is 6.76. The highest BCUT2D eigenvalue weighted by atomic mass is 79.9.